The summed E-state index contributed by atoms with van der Waals surface area (Å²) in [4.78, 5) is 21.7. The number of aromatic amines is 1. The number of rotatable bonds is 5. The fraction of sp³-hybridized carbons (Fsp3) is 0.0909. The van der Waals surface area contributed by atoms with E-state index in [0.29, 0.717) is 5.70 Å². The van der Waals surface area contributed by atoms with Crippen molar-refractivity contribution < 1.29 is 9.72 Å². The van der Waals surface area contributed by atoms with Gasteiger partial charge in [-0.25, -0.2) is 0 Å². The number of H-pyrrole nitrogens is 1. The Hall–Kier alpha value is -2.70. The summed E-state index contributed by atoms with van der Waals surface area (Å²) in [6.07, 6.45) is 7.45. The molecule has 18 heavy (non-hydrogen) atoms. The monoisotopic (exact) mass is 248 g/mol. The van der Waals surface area contributed by atoms with E-state index in [4.69, 9.17) is 0 Å². The van der Waals surface area contributed by atoms with Gasteiger partial charge in [0.15, 0.2) is 0 Å². The lowest BCUT2D eigenvalue weighted by molar-refractivity contribution is -0.385. The van der Waals surface area contributed by atoms with Crippen molar-refractivity contribution in [3.8, 4) is 0 Å². The first-order chi connectivity index (χ1) is 8.60. The molecule has 94 valence electrons. The molecule has 0 saturated carbocycles. The maximum absolute atomic E-state index is 11.8. The highest BCUT2D eigenvalue weighted by molar-refractivity contribution is 5.97. The van der Waals surface area contributed by atoms with Crippen molar-refractivity contribution in [2.75, 3.05) is 0 Å². The van der Waals surface area contributed by atoms with Crippen LogP contribution in [0.15, 0.2) is 42.8 Å². The van der Waals surface area contributed by atoms with E-state index in [1.165, 1.54) is 0 Å². The third-order valence-corrected chi connectivity index (χ3v) is 2.02. The molecule has 0 bridgehead atoms. The molecule has 0 aromatic carbocycles. The molecule has 1 aromatic heterocycles. The summed E-state index contributed by atoms with van der Waals surface area (Å²) in [7, 11) is 0. The van der Waals surface area contributed by atoms with Crippen LogP contribution in [0.2, 0.25) is 0 Å². The quantitative estimate of drug-likeness (QED) is 0.470. The second-order valence-electron chi connectivity index (χ2n) is 3.18. The lowest BCUT2D eigenvalue weighted by atomic mass is 10.3. The highest BCUT2D eigenvalue weighted by Gasteiger charge is 2.22. The first-order valence-electron chi connectivity index (χ1n) is 5.04. The maximum Gasteiger partial charge on any atom is 0.319 e. The molecular weight excluding hydrogens is 236 g/mol. The van der Waals surface area contributed by atoms with Crippen molar-refractivity contribution in [2.24, 2.45) is 0 Å². The van der Waals surface area contributed by atoms with Crippen LogP contribution in [0.1, 0.15) is 17.4 Å². The summed E-state index contributed by atoms with van der Waals surface area (Å²) >= 11 is 0. The molecule has 0 spiro atoms. The SMILES string of the molecule is C=C/C=C\C(=C/C)NC(=O)c1[nH]ncc1[N+](=O)[O-]. The fourth-order valence-corrected chi connectivity index (χ4v) is 1.16. The Morgan fingerprint density at radius 3 is 2.94 bits per heavy atom. The van der Waals surface area contributed by atoms with Crippen LogP contribution in [-0.2, 0) is 0 Å². The molecule has 0 saturated heterocycles. The normalized spacial score (nSPS) is 11.5. The number of nitrogens with one attached hydrogen (secondary N) is 2. The van der Waals surface area contributed by atoms with E-state index in [1.54, 1.807) is 31.2 Å². The molecule has 0 aliphatic heterocycles. The van der Waals surface area contributed by atoms with E-state index < -0.39 is 10.8 Å². The van der Waals surface area contributed by atoms with Gasteiger partial charge >= 0.3 is 5.69 Å². The molecule has 7 heteroatoms. The van der Waals surface area contributed by atoms with E-state index in [2.05, 4.69) is 22.1 Å². The van der Waals surface area contributed by atoms with Gasteiger partial charge in [-0.2, -0.15) is 5.10 Å². The lowest BCUT2D eigenvalue weighted by Crippen LogP contribution is -2.23. The van der Waals surface area contributed by atoms with Gasteiger partial charge in [-0.15, -0.1) is 0 Å². The Morgan fingerprint density at radius 2 is 2.39 bits per heavy atom. The molecule has 0 aliphatic carbocycles. The molecule has 1 heterocycles. The molecule has 7 nitrogen and oxygen atoms in total. The Balaban J connectivity index is 2.88. The zero-order valence-electron chi connectivity index (χ0n) is 9.71. The number of carbonyl (C=O) groups is 1. The van der Waals surface area contributed by atoms with Crippen LogP contribution in [0.25, 0.3) is 0 Å². The summed E-state index contributed by atoms with van der Waals surface area (Å²) < 4.78 is 0. The number of allylic oxidation sites excluding steroid dienone is 4. The second kappa shape index (κ2) is 6.14. The number of hydrogen-bond donors (Lipinski definition) is 2. The summed E-state index contributed by atoms with van der Waals surface area (Å²) in [5, 5.41) is 18.9. The van der Waals surface area contributed by atoms with Crippen LogP contribution in [0.4, 0.5) is 5.69 Å². The van der Waals surface area contributed by atoms with E-state index in [0.717, 1.165) is 6.20 Å². The fourth-order valence-electron chi connectivity index (χ4n) is 1.16. The van der Waals surface area contributed by atoms with Gasteiger partial charge in [0.1, 0.15) is 6.20 Å². The minimum atomic E-state index is -0.673. The Kier molecular flexibility index (Phi) is 4.56. The van der Waals surface area contributed by atoms with Crippen LogP contribution < -0.4 is 5.32 Å². The summed E-state index contributed by atoms with van der Waals surface area (Å²) in [6, 6.07) is 0. The Bertz CT molecular complexity index is 528. The third-order valence-electron chi connectivity index (χ3n) is 2.02. The third kappa shape index (κ3) is 3.14. The predicted octanol–water partition coefficient (Wildman–Crippen LogP) is 1.69. The highest BCUT2D eigenvalue weighted by Crippen LogP contribution is 2.14. The Labute approximate surface area is 103 Å². The van der Waals surface area contributed by atoms with Gasteiger partial charge in [0, 0.05) is 5.70 Å². The van der Waals surface area contributed by atoms with Crippen LogP contribution >= 0.6 is 0 Å². The van der Waals surface area contributed by atoms with Gasteiger partial charge in [-0.1, -0.05) is 24.8 Å². The minimum Gasteiger partial charge on any atom is -0.321 e. The molecule has 0 radical (unpaired) electrons. The largest absolute Gasteiger partial charge is 0.321 e. The molecule has 1 aromatic rings. The van der Waals surface area contributed by atoms with Gasteiger partial charge in [-0.05, 0) is 13.0 Å². The van der Waals surface area contributed by atoms with E-state index in [9.17, 15) is 14.9 Å². The molecule has 2 N–H and O–H groups in total. The topological polar surface area (TPSA) is 101 Å². The smallest absolute Gasteiger partial charge is 0.319 e. The summed E-state index contributed by atoms with van der Waals surface area (Å²) in [6.45, 7) is 5.23. The van der Waals surface area contributed by atoms with E-state index in [-0.39, 0.29) is 11.4 Å². The first-order valence-corrected chi connectivity index (χ1v) is 5.04. The lowest BCUT2D eigenvalue weighted by Gasteiger charge is -2.03. The molecule has 0 unspecified atom stereocenters. The van der Waals surface area contributed by atoms with Gasteiger partial charge in [-0.3, -0.25) is 20.0 Å². The molecular formula is C11H12N4O3. The van der Waals surface area contributed by atoms with Gasteiger partial charge < -0.3 is 5.32 Å². The van der Waals surface area contributed by atoms with Crippen molar-refractivity contribution in [3.63, 3.8) is 0 Å². The van der Waals surface area contributed by atoms with Crippen molar-refractivity contribution in [1.29, 1.82) is 0 Å². The number of hydrogen-bond acceptors (Lipinski definition) is 4. The van der Waals surface area contributed by atoms with Gasteiger partial charge in [0.05, 0.1) is 4.92 Å². The zero-order chi connectivity index (χ0) is 13.5. The zero-order valence-corrected chi connectivity index (χ0v) is 9.71. The maximum atomic E-state index is 11.8. The first kappa shape index (κ1) is 13.4. The Morgan fingerprint density at radius 1 is 1.67 bits per heavy atom. The second-order valence-corrected chi connectivity index (χ2v) is 3.18. The van der Waals surface area contributed by atoms with Gasteiger partial charge in [0.2, 0.25) is 5.69 Å². The number of aromatic nitrogens is 2. The molecule has 0 atom stereocenters. The number of nitrogens with zero attached hydrogens (tertiary/aromatic N) is 2. The van der Waals surface area contributed by atoms with Crippen molar-refractivity contribution in [3.05, 3.63) is 58.6 Å². The van der Waals surface area contributed by atoms with Crippen LogP contribution in [-0.4, -0.2) is 21.0 Å². The highest BCUT2D eigenvalue weighted by atomic mass is 16.6. The van der Waals surface area contributed by atoms with Crippen LogP contribution in [0.3, 0.4) is 0 Å². The predicted molar refractivity (Wildman–Crippen MR) is 65.8 cm³/mol. The molecule has 1 amide bonds. The van der Waals surface area contributed by atoms with E-state index in [1.807, 2.05) is 0 Å². The van der Waals surface area contributed by atoms with E-state index >= 15 is 0 Å². The van der Waals surface area contributed by atoms with Crippen LogP contribution in [0.5, 0.6) is 0 Å². The number of nitro groups is 1. The molecule has 0 fully saturated rings. The summed E-state index contributed by atoms with van der Waals surface area (Å²) in [5.74, 6) is -0.624. The average molecular weight is 248 g/mol. The van der Waals surface area contributed by atoms with Crippen molar-refractivity contribution in [2.45, 2.75) is 6.92 Å². The van der Waals surface area contributed by atoms with Crippen LogP contribution in [0, 0.1) is 10.1 Å². The van der Waals surface area contributed by atoms with Crippen molar-refractivity contribution >= 4 is 11.6 Å². The van der Waals surface area contributed by atoms with Gasteiger partial charge in [0.25, 0.3) is 5.91 Å². The number of carbonyl (C=O) groups excluding carboxylic acids is 1. The number of amides is 1. The average Bonchev–Trinajstić information content (AvgIpc) is 2.83. The molecule has 0 aliphatic rings. The minimum absolute atomic E-state index is 0.189. The molecule has 1 rings (SSSR count). The summed E-state index contributed by atoms with van der Waals surface area (Å²) in [5.41, 5.74) is -0.0502. The standard InChI is InChI=1S/C11H12N4O3/c1-3-5-6-8(4-2)13-11(16)10-9(15(17)18)7-12-14-10/h3-7H,1H2,2H3,(H,12,14)(H,13,16)/b6-5-,8-4+. The van der Waals surface area contributed by atoms with Crippen molar-refractivity contribution in [1.82, 2.24) is 15.5 Å².